The van der Waals surface area contributed by atoms with Gasteiger partial charge in [0.1, 0.15) is 5.69 Å². The molecule has 2 N–H and O–H groups in total. The van der Waals surface area contributed by atoms with E-state index >= 15 is 0 Å². The van der Waals surface area contributed by atoms with Crippen molar-refractivity contribution in [2.45, 2.75) is 38.8 Å². The van der Waals surface area contributed by atoms with E-state index in [0.717, 1.165) is 0 Å². The minimum atomic E-state index is -0.499. The van der Waals surface area contributed by atoms with Gasteiger partial charge in [0.25, 0.3) is 11.5 Å². The van der Waals surface area contributed by atoms with E-state index in [1.807, 2.05) is 13.8 Å². The zero-order valence-electron chi connectivity index (χ0n) is 12.8. The van der Waals surface area contributed by atoms with E-state index in [-0.39, 0.29) is 30.3 Å². The van der Waals surface area contributed by atoms with E-state index in [4.69, 9.17) is 9.84 Å². The molecule has 1 rings (SSSR count). The first-order chi connectivity index (χ1) is 9.95. The lowest BCUT2D eigenvalue weighted by Crippen LogP contribution is -2.46. The average molecular weight is 297 g/mol. The highest BCUT2D eigenvalue weighted by Gasteiger charge is 2.25. The number of amides is 1. The van der Waals surface area contributed by atoms with Crippen LogP contribution in [0.5, 0.6) is 0 Å². The van der Waals surface area contributed by atoms with E-state index in [0.29, 0.717) is 19.4 Å². The summed E-state index contributed by atoms with van der Waals surface area (Å²) in [7, 11) is 1.53. The highest BCUT2D eigenvalue weighted by molar-refractivity contribution is 5.92. The van der Waals surface area contributed by atoms with Gasteiger partial charge in [0.15, 0.2) is 0 Å². The summed E-state index contributed by atoms with van der Waals surface area (Å²) in [5.74, 6) is -0.362. The van der Waals surface area contributed by atoms with Crippen LogP contribution < -0.4 is 10.9 Å². The standard InChI is InChI=1S/C14H23N3O4/c1-4-14(2,7-9-18)15-13(20)11-5-6-12(19)17(16-11)8-10-21-3/h5-6,18H,4,7-10H2,1-3H3,(H,15,20). The summed E-state index contributed by atoms with van der Waals surface area (Å²) in [6, 6.07) is 2.71. The van der Waals surface area contributed by atoms with E-state index in [9.17, 15) is 9.59 Å². The third-order valence-corrected chi connectivity index (χ3v) is 3.47. The first-order valence-corrected chi connectivity index (χ1v) is 6.96. The van der Waals surface area contributed by atoms with E-state index in [2.05, 4.69) is 10.4 Å². The van der Waals surface area contributed by atoms with Crippen molar-refractivity contribution in [3.63, 3.8) is 0 Å². The summed E-state index contributed by atoms with van der Waals surface area (Å²) < 4.78 is 6.11. The number of hydrogen-bond donors (Lipinski definition) is 2. The predicted molar refractivity (Wildman–Crippen MR) is 78.2 cm³/mol. The van der Waals surface area contributed by atoms with Crippen molar-refractivity contribution in [2.24, 2.45) is 0 Å². The van der Waals surface area contributed by atoms with Crippen LogP contribution in [0, 0.1) is 0 Å². The van der Waals surface area contributed by atoms with Crippen LogP contribution in [0.2, 0.25) is 0 Å². The average Bonchev–Trinajstić information content (AvgIpc) is 2.46. The van der Waals surface area contributed by atoms with E-state index in [1.54, 1.807) is 0 Å². The molecule has 0 spiro atoms. The Morgan fingerprint density at radius 1 is 1.52 bits per heavy atom. The van der Waals surface area contributed by atoms with Gasteiger partial charge in [-0.05, 0) is 25.8 Å². The quantitative estimate of drug-likeness (QED) is 0.713. The molecular weight excluding hydrogens is 274 g/mol. The summed E-state index contributed by atoms with van der Waals surface area (Å²) in [6.07, 6.45) is 1.14. The minimum Gasteiger partial charge on any atom is -0.396 e. The van der Waals surface area contributed by atoms with Crippen LogP contribution in [0.15, 0.2) is 16.9 Å². The molecule has 118 valence electrons. The number of aliphatic hydroxyl groups is 1. The number of ether oxygens (including phenoxy) is 1. The van der Waals surface area contributed by atoms with E-state index in [1.165, 1.54) is 23.9 Å². The molecule has 0 aliphatic rings. The summed E-state index contributed by atoms with van der Waals surface area (Å²) >= 11 is 0. The monoisotopic (exact) mass is 297 g/mol. The third kappa shape index (κ3) is 4.95. The molecule has 7 nitrogen and oxygen atoms in total. The molecule has 1 aromatic heterocycles. The second-order valence-electron chi connectivity index (χ2n) is 5.11. The van der Waals surface area contributed by atoms with Crippen LogP contribution in [0.1, 0.15) is 37.2 Å². The maximum absolute atomic E-state index is 12.2. The third-order valence-electron chi connectivity index (χ3n) is 3.47. The first-order valence-electron chi connectivity index (χ1n) is 6.96. The Hall–Kier alpha value is -1.73. The number of nitrogens with one attached hydrogen (secondary N) is 1. The number of methoxy groups -OCH3 is 1. The summed E-state index contributed by atoms with van der Waals surface area (Å²) in [5.41, 5.74) is -0.610. The van der Waals surface area contributed by atoms with Crippen molar-refractivity contribution in [2.75, 3.05) is 20.3 Å². The lowest BCUT2D eigenvalue weighted by Gasteiger charge is -2.28. The smallest absolute Gasteiger partial charge is 0.272 e. The number of hydrogen-bond acceptors (Lipinski definition) is 5. The molecule has 0 aliphatic heterocycles. The van der Waals surface area contributed by atoms with Gasteiger partial charge in [0, 0.05) is 25.3 Å². The number of nitrogens with zero attached hydrogens (tertiary/aromatic N) is 2. The topological polar surface area (TPSA) is 93.5 Å². The van der Waals surface area contributed by atoms with Gasteiger partial charge in [-0.25, -0.2) is 4.68 Å². The zero-order valence-corrected chi connectivity index (χ0v) is 12.8. The highest BCUT2D eigenvalue weighted by atomic mass is 16.5. The first kappa shape index (κ1) is 17.3. The molecule has 1 amide bonds. The fourth-order valence-electron chi connectivity index (χ4n) is 1.82. The van der Waals surface area contributed by atoms with Crippen LogP contribution in [-0.2, 0) is 11.3 Å². The largest absolute Gasteiger partial charge is 0.396 e. The van der Waals surface area contributed by atoms with Gasteiger partial charge in [-0.15, -0.1) is 0 Å². The number of aliphatic hydroxyl groups excluding tert-OH is 1. The van der Waals surface area contributed by atoms with Crippen LogP contribution in [0.4, 0.5) is 0 Å². The summed E-state index contributed by atoms with van der Waals surface area (Å²) in [5, 5.41) is 16.0. The van der Waals surface area contributed by atoms with Crippen LogP contribution in [0.25, 0.3) is 0 Å². The molecule has 1 unspecified atom stereocenters. The highest BCUT2D eigenvalue weighted by Crippen LogP contribution is 2.14. The molecule has 0 saturated heterocycles. The molecule has 1 atom stereocenters. The second kappa shape index (κ2) is 7.90. The molecule has 0 saturated carbocycles. The Labute approximate surface area is 123 Å². The van der Waals surface area contributed by atoms with Gasteiger partial charge in [-0.2, -0.15) is 5.10 Å². The number of rotatable bonds is 8. The maximum Gasteiger partial charge on any atom is 0.272 e. The molecule has 0 aliphatic carbocycles. The normalized spacial score (nSPS) is 13.7. The van der Waals surface area contributed by atoms with Crippen LogP contribution in [0.3, 0.4) is 0 Å². The summed E-state index contributed by atoms with van der Waals surface area (Å²) in [6.45, 7) is 4.42. The number of aromatic nitrogens is 2. The van der Waals surface area contributed by atoms with Crippen molar-refractivity contribution in [3.8, 4) is 0 Å². The molecule has 7 heteroatoms. The molecular formula is C14H23N3O4. The molecule has 0 aromatic carbocycles. The lowest BCUT2D eigenvalue weighted by molar-refractivity contribution is 0.0877. The molecule has 1 heterocycles. The summed E-state index contributed by atoms with van der Waals surface area (Å²) in [4.78, 5) is 23.9. The van der Waals surface area contributed by atoms with E-state index < -0.39 is 5.54 Å². The van der Waals surface area contributed by atoms with Gasteiger partial charge in [0.2, 0.25) is 0 Å². The SMILES string of the molecule is CCC(C)(CCO)NC(=O)c1ccc(=O)n(CCOC)n1. The van der Waals surface area contributed by atoms with Crippen molar-refractivity contribution < 1.29 is 14.6 Å². The maximum atomic E-state index is 12.2. The Kier molecular flexibility index (Phi) is 6.51. The Bertz CT molecular complexity index is 529. The molecule has 0 fully saturated rings. The Balaban J connectivity index is 2.89. The molecule has 0 bridgehead atoms. The number of carbonyl (C=O) groups is 1. The fourth-order valence-corrected chi connectivity index (χ4v) is 1.82. The second-order valence-corrected chi connectivity index (χ2v) is 5.11. The zero-order chi connectivity index (χ0) is 15.9. The fraction of sp³-hybridized carbons (Fsp3) is 0.643. The van der Waals surface area contributed by atoms with Crippen molar-refractivity contribution in [1.29, 1.82) is 0 Å². The van der Waals surface area contributed by atoms with Gasteiger partial charge in [-0.3, -0.25) is 9.59 Å². The van der Waals surface area contributed by atoms with Gasteiger partial charge in [-0.1, -0.05) is 6.92 Å². The minimum absolute atomic E-state index is 0.00855. The van der Waals surface area contributed by atoms with Gasteiger partial charge >= 0.3 is 0 Å². The van der Waals surface area contributed by atoms with Crippen molar-refractivity contribution >= 4 is 5.91 Å². The van der Waals surface area contributed by atoms with Crippen molar-refractivity contribution in [1.82, 2.24) is 15.1 Å². The van der Waals surface area contributed by atoms with Gasteiger partial charge in [0.05, 0.1) is 13.2 Å². The number of carbonyl (C=O) groups excluding carboxylic acids is 1. The molecule has 1 aromatic rings. The van der Waals surface area contributed by atoms with Gasteiger partial charge < -0.3 is 15.2 Å². The Morgan fingerprint density at radius 2 is 2.24 bits per heavy atom. The molecule has 0 radical (unpaired) electrons. The Morgan fingerprint density at radius 3 is 2.81 bits per heavy atom. The molecule has 21 heavy (non-hydrogen) atoms. The predicted octanol–water partition coefficient (Wildman–Crippen LogP) is 0.171. The van der Waals surface area contributed by atoms with Crippen LogP contribution in [-0.4, -0.2) is 46.7 Å². The van der Waals surface area contributed by atoms with Crippen LogP contribution >= 0.6 is 0 Å². The lowest BCUT2D eigenvalue weighted by atomic mass is 9.95. The van der Waals surface area contributed by atoms with Crippen molar-refractivity contribution in [3.05, 3.63) is 28.2 Å².